The zero-order chi connectivity index (χ0) is 34.2. The van der Waals surface area contributed by atoms with E-state index < -0.39 is 0 Å². The van der Waals surface area contributed by atoms with Gasteiger partial charge in [0.15, 0.2) is 5.95 Å². The Labute approximate surface area is 285 Å². The lowest BCUT2D eigenvalue weighted by Gasteiger charge is -2.19. The molecule has 258 valence electrons. The minimum atomic E-state index is -0.204. The fraction of sp³-hybridized carbons (Fsp3) is 0.441. The largest absolute Gasteiger partial charge is 0.374 e. The molecule has 5 aromatic rings. The molecule has 1 aliphatic heterocycles. The molecule has 1 atom stereocenters. The molecule has 0 spiro atoms. The van der Waals surface area contributed by atoms with Crippen LogP contribution in [-0.4, -0.2) is 79.9 Å². The first kappa shape index (κ1) is 33.4. The maximum atomic E-state index is 12.5. The van der Waals surface area contributed by atoms with Crippen LogP contribution in [0.2, 0.25) is 0 Å². The number of hydrogen-bond acceptors (Lipinski definition) is 10. The van der Waals surface area contributed by atoms with Crippen molar-refractivity contribution in [3.63, 3.8) is 0 Å². The fourth-order valence-corrected chi connectivity index (χ4v) is 6.22. The Morgan fingerprint density at radius 3 is 2.35 bits per heavy atom. The summed E-state index contributed by atoms with van der Waals surface area (Å²) in [4.78, 5) is 26.9. The second-order valence-corrected chi connectivity index (χ2v) is 12.8. The Bertz CT molecular complexity index is 1820. The van der Waals surface area contributed by atoms with Crippen LogP contribution < -0.4 is 16.8 Å². The molecular weight excluding hydrogens is 620 g/mol. The molecule has 1 aromatic carbocycles. The molecule has 49 heavy (non-hydrogen) atoms. The van der Waals surface area contributed by atoms with Crippen LogP contribution in [-0.2, 0) is 43.6 Å². The summed E-state index contributed by atoms with van der Waals surface area (Å²) in [5, 5.41) is 20.1. The third kappa shape index (κ3) is 9.12. The zero-order valence-electron chi connectivity index (χ0n) is 28.1. The number of nitrogen functional groups attached to an aromatic ring is 2. The van der Waals surface area contributed by atoms with Gasteiger partial charge in [-0.05, 0) is 63.9 Å². The molecule has 6 rings (SSSR count). The first-order valence-electron chi connectivity index (χ1n) is 17.0. The van der Waals surface area contributed by atoms with E-state index in [1.807, 2.05) is 21.6 Å². The highest BCUT2D eigenvalue weighted by molar-refractivity contribution is 5.75. The summed E-state index contributed by atoms with van der Waals surface area (Å²) in [5.74, 6) is 0.627. The molecular formula is C34H46N14O. The average Bonchev–Trinajstić information content (AvgIpc) is 3.92. The van der Waals surface area contributed by atoms with Gasteiger partial charge in [0, 0.05) is 43.9 Å². The summed E-state index contributed by atoms with van der Waals surface area (Å²) in [6, 6.07) is 8.11. The summed E-state index contributed by atoms with van der Waals surface area (Å²) in [6.45, 7) is 9.75. The van der Waals surface area contributed by atoms with Crippen LogP contribution in [0.3, 0.4) is 0 Å². The molecule has 1 aliphatic rings. The number of nitrogens with two attached hydrogens (primary N) is 2. The SMILES string of the molecule is C=C(Cn1cc(CCCc2cn(C(CCc3cn(CC(=O)NCCc4ccc(C)cc4)nn3)c3cnc(N)[nH]3)c(N)n2)nn1)N1CCCC1. The topological polar surface area (TPSA) is 192 Å². The van der Waals surface area contributed by atoms with Crippen molar-refractivity contribution in [2.45, 2.75) is 77.4 Å². The number of amides is 1. The Morgan fingerprint density at radius 2 is 1.63 bits per heavy atom. The van der Waals surface area contributed by atoms with Gasteiger partial charge in [0.2, 0.25) is 11.9 Å². The Balaban J connectivity index is 1.00. The van der Waals surface area contributed by atoms with Crippen LogP contribution >= 0.6 is 0 Å². The average molecular weight is 667 g/mol. The molecule has 15 nitrogen and oxygen atoms in total. The highest BCUT2D eigenvalue weighted by atomic mass is 16.2. The molecule has 1 saturated heterocycles. The number of carbonyl (C=O) groups is 1. The van der Waals surface area contributed by atoms with Crippen LogP contribution in [0.4, 0.5) is 11.9 Å². The standard InChI is InChI=1S/C34H46N14O/c1-24-8-10-26(11-9-24)14-15-37-32(49)23-47-21-29(42-44-47)12-13-31(30-18-38-33(35)40-30)48-22-27(39-34(48)36)6-5-7-28-20-46(43-41-28)19-25(2)45-16-3-4-17-45/h8-11,18,20-22,31H,2-7,12-17,19,23H2,1H3,(H2,36,39)(H,37,49)(H3,35,38,40). The number of hydrogen-bond donors (Lipinski definition) is 4. The van der Waals surface area contributed by atoms with Gasteiger partial charge in [-0.25, -0.2) is 19.3 Å². The summed E-state index contributed by atoms with van der Waals surface area (Å²) >= 11 is 0. The highest BCUT2D eigenvalue weighted by Gasteiger charge is 2.21. The molecule has 15 heteroatoms. The number of aromatic amines is 1. The molecule has 1 amide bonds. The Morgan fingerprint density at radius 1 is 0.939 bits per heavy atom. The smallest absolute Gasteiger partial charge is 0.241 e. The molecule has 1 fully saturated rings. The molecule has 4 aromatic heterocycles. The number of allylic oxidation sites excluding steroid dienone is 1. The molecule has 0 radical (unpaired) electrons. The van der Waals surface area contributed by atoms with E-state index in [1.165, 1.54) is 24.0 Å². The van der Waals surface area contributed by atoms with Crippen molar-refractivity contribution in [2.75, 3.05) is 31.1 Å². The maximum absolute atomic E-state index is 12.5. The van der Waals surface area contributed by atoms with Crippen molar-refractivity contribution in [3.05, 3.63) is 95.2 Å². The number of nitrogens with one attached hydrogen (secondary N) is 2. The predicted molar refractivity (Wildman–Crippen MR) is 186 cm³/mol. The van der Waals surface area contributed by atoms with Crippen molar-refractivity contribution >= 4 is 17.8 Å². The van der Waals surface area contributed by atoms with E-state index in [4.69, 9.17) is 11.5 Å². The summed E-state index contributed by atoms with van der Waals surface area (Å²) in [7, 11) is 0. The van der Waals surface area contributed by atoms with Crippen LogP contribution in [0, 0.1) is 6.92 Å². The highest BCUT2D eigenvalue weighted by Crippen LogP contribution is 2.26. The molecule has 5 heterocycles. The number of carbonyl (C=O) groups excluding carboxylic acids is 1. The van der Waals surface area contributed by atoms with Gasteiger partial charge >= 0.3 is 0 Å². The van der Waals surface area contributed by atoms with Crippen LogP contribution in [0.1, 0.15) is 65.6 Å². The van der Waals surface area contributed by atoms with Gasteiger partial charge in [-0.3, -0.25) is 4.79 Å². The Hall–Kier alpha value is -5.47. The maximum Gasteiger partial charge on any atom is 0.241 e. The fourth-order valence-electron chi connectivity index (χ4n) is 6.22. The van der Waals surface area contributed by atoms with E-state index in [0.717, 1.165) is 67.2 Å². The van der Waals surface area contributed by atoms with Crippen molar-refractivity contribution in [1.82, 2.24) is 59.7 Å². The van der Waals surface area contributed by atoms with E-state index in [-0.39, 0.29) is 18.5 Å². The van der Waals surface area contributed by atoms with Gasteiger partial charge in [0.1, 0.15) is 6.54 Å². The van der Waals surface area contributed by atoms with Gasteiger partial charge < -0.3 is 31.2 Å². The second kappa shape index (κ2) is 15.6. The molecule has 1 unspecified atom stereocenters. The van der Waals surface area contributed by atoms with E-state index in [0.29, 0.717) is 37.8 Å². The number of imidazole rings is 2. The number of aromatic nitrogens is 10. The van der Waals surface area contributed by atoms with Gasteiger partial charge in [-0.1, -0.05) is 46.8 Å². The second-order valence-electron chi connectivity index (χ2n) is 12.8. The summed E-state index contributed by atoms with van der Waals surface area (Å²) < 4.78 is 5.38. The third-order valence-electron chi connectivity index (χ3n) is 8.89. The normalized spacial score (nSPS) is 13.6. The van der Waals surface area contributed by atoms with Crippen LogP contribution in [0.15, 0.2) is 61.3 Å². The molecule has 0 bridgehead atoms. The lowest BCUT2D eigenvalue weighted by Crippen LogP contribution is -2.29. The van der Waals surface area contributed by atoms with Crippen molar-refractivity contribution in [1.29, 1.82) is 0 Å². The number of anilines is 2. The van der Waals surface area contributed by atoms with Gasteiger partial charge in [0.05, 0.1) is 41.6 Å². The number of H-pyrrole nitrogens is 1. The third-order valence-corrected chi connectivity index (χ3v) is 8.89. The quantitative estimate of drug-likeness (QED) is 0.115. The molecule has 0 aliphatic carbocycles. The van der Waals surface area contributed by atoms with Crippen molar-refractivity contribution in [3.8, 4) is 0 Å². The van der Waals surface area contributed by atoms with E-state index in [1.54, 1.807) is 17.1 Å². The van der Waals surface area contributed by atoms with Crippen molar-refractivity contribution < 1.29 is 4.79 Å². The first-order valence-corrected chi connectivity index (χ1v) is 17.0. The number of nitrogens with zero attached hydrogens (tertiary/aromatic N) is 10. The van der Waals surface area contributed by atoms with E-state index in [2.05, 4.69) is 83.6 Å². The lowest BCUT2D eigenvalue weighted by atomic mass is 10.1. The Kier molecular flexibility index (Phi) is 10.7. The minimum absolute atomic E-state index is 0.101. The first-order chi connectivity index (χ1) is 23.8. The van der Waals surface area contributed by atoms with Gasteiger partial charge in [0.25, 0.3) is 0 Å². The number of aryl methyl sites for hydroxylation is 4. The summed E-state index contributed by atoms with van der Waals surface area (Å²) in [6.07, 6.45) is 14.3. The minimum Gasteiger partial charge on any atom is -0.374 e. The summed E-state index contributed by atoms with van der Waals surface area (Å²) in [5.41, 5.74) is 19.3. The van der Waals surface area contributed by atoms with Crippen LogP contribution in [0.5, 0.6) is 0 Å². The van der Waals surface area contributed by atoms with Crippen LogP contribution in [0.25, 0.3) is 0 Å². The molecule has 0 saturated carbocycles. The van der Waals surface area contributed by atoms with Crippen molar-refractivity contribution in [2.24, 2.45) is 0 Å². The predicted octanol–water partition coefficient (Wildman–Crippen LogP) is 2.63. The number of rotatable bonds is 17. The van der Waals surface area contributed by atoms with E-state index >= 15 is 0 Å². The van der Waals surface area contributed by atoms with Gasteiger partial charge in [-0.15, -0.1) is 10.2 Å². The monoisotopic (exact) mass is 666 g/mol. The number of benzene rings is 1. The van der Waals surface area contributed by atoms with Gasteiger partial charge in [-0.2, -0.15) is 0 Å². The molecule has 6 N–H and O–H groups in total. The zero-order valence-corrected chi connectivity index (χ0v) is 28.1. The lowest BCUT2D eigenvalue weighted by molar-refractivity contribution is -0.121. The van der Waals surface area contributed by atoms with E-state index in [9.17, 15) is 4.79 Å². The number of likely N-dealkylation sites (tertiary alicyclic amines) is 1.